The van der Waals surface area contributed by atoms with Gasteiger partial charge in [0.25, 0.3) is 0 Å². The number of aliphatic hydroxyl groups excluding tert-OH is 1. The molecule has 2 atom stereocenters. The summed E-state index contributed by atoms with van der Waals surface area (Å²) in [4.78, 5) is 13.7. The molecule has 0 aromatic rings. The van der Waals surface area contributed by atoms with Crippen LogP contribution in [-0.4, -0.2) is 61.4 Å². The average molecular weight is 230 g/mol. The lowest BCUT2D eigenvalue weighted by Gasteiger charge is -2.25. The van der Waals surface area contributed by atoms with Gasteiger partial charge in [0.15, 0.2) is 0 Å². The quantitative estimate of drug-likeness (QED) is 0.624. The lowest BCUT2D eigenvalue weighted by atomic mass is 10.2. The molecule has 1 saturated heterocycles. The molecule has 1 aliphatic heterocycles. The van der Waals surface area contributed by atoms with Crippen LogP contribution in [0.5, 0.6) is 0 Å². The van der Waals surface area contributed by atoms with Gasteiger partial charge >= 0.3 is 0 Å². The zero-order valence-electron chi connectivity index (χ0n) is 10.1. The number of nitrogens with one attached hydrogen (secondary N) is 1. The molecule has 0 aliphatic carbocycles. The Balaban J connectivity index is 2.48. The number of hydrogen-bond acceptors (Lipinski definition) is 4. The van der Waals surface area contributed by atoms with E-state index in [1.807, 2.05) is 0 Å². The fourth-order valence-corrected chi connectivity index (χ4v) is 2.01. The largest absolute Gasteiger partial charge is 0.394 e. The van der Waals surface area contributed by atoms with Crippen LogP contribution < -0.4 is 5.32 Å². The minimum Gasteiger partial charge on any atom is -0.394 e. The van der Waals surface area contributed by atoms with Crippen LogP contribution in [0, 0.1) is 0 Å². The summed E-state index contributed by atoms with van der Waals surface area (Å²) >= 11 is 0. The smallest absolute Gasteiger partial charge is 0.240 e. The molecule has 5 heteroatoms. The number of hydrogen-bond donors (Lipinski definition) is 2. The lowest BCUT2D eigenvalue weighted by Crippen LogP contribution is -2.46. The van der Waals surface area contributed by atoms with Gasteiger partial charge in [-0.25, -0.2) is 0 Å². The molecule has 1 aliphatic rings. The van der Waals surface area contributed by atoms with E-state index in [0.29, 0.717) is 13.2 Å². The van der Waals surface area contributed by atoms with Gasteiger partial charge in [-0.15, -0.1) is 0 Å². The summed E-state index contributed by atoms with van der Waals surface area (Å²) in [6, 6.07) is -0.281. The van der Waals surface area contributed by atoms with Gasteiger partial charge in [0.1, 0.15) is 0 Å². The van der Waals surface area contributed by atoms with Gasteiger partial charge < -0.3 is 20.1 Å². The molecular weight excluding hydrogens is 208 g/mol. The number of rotatable bonds is 7. The van der Waals surface area contributed by atoms with Crippen molar-refractivity contribution in [3.05, 3.63) is 0 Å². The predicted octanol–water partition coefficient (Wildman–Crippen LogP) is -0.406. The summed E-state index contributed by atoms with van der Waals surface area (Å²) in [5, 5.41) is 12.4. The summed E-state index contributed by atoms with van der Waals surface area (Å²) in [6.07, 6.45) is 1.84. The summed E-state index contributed by atoms with van der Waals surface area (Å²) in [5.74, 6) is 0.0875. The Morgan fingerprint density at radius 3 is 3.00 bits per heavy atom. The molecule has 1 rings (SSSR count). The highest BCUT2D eigenvalue weighted by Crippen LogP contribution is 2.14. The first-order chi connectivity index (χ1) is 7.74. The summed E-state index contributed by atoms with van der Waals surface area (Å²) < 4.78 is 5.00. The first-order valence-corrected chi connectivity index (χ1v) is 5.88. The minimum absolute atomic E-state index is 0.0416. The van der Waals surface area contributed by atoms with E-state index in [1.54, 1.807) is 12.0 Å². The molecule has 0 aromatic heterocycles. The lowest BCUT2D eigenvalue weighted by molar-refractivity contribution is -0.133. The van der Waals surface area contributed by atoms with Crippen LogP contribution in [-0.2, 0) is 9.53 Å². The SMILES string of the molecule is CCCNC1CCN(C(CO)COC)C1=O. The number of methoxy groups -OCH3 is 1. The molecule has 0 radical (unpaired) electrons. The van der Waals surface area contributed by atoms with Gasteiger partial charge in [0, 0.05) is 13.7 Å². The third-order valence-electron chi connectivity index (χ3n) is 2.89. The van der Waals surface area contributed by atoms with Crippen LogP contribution in [0.1, 0.15) is 19.8 Å². The molecule has 16 heavy (non-hydrogen) atoms. The molecule has 5 nitrogen and oxygen atoms in total. The van der Waals surface area contributed by atoms with Crippen LogP contribution in [0.25, 0.3) is 0 Å². The van der Waals surface area contributed by atoms with Crippen molar-refractivity contribution in [1.82, 2.24) is 10.2 Å². The van der Waals surface area contributed by atoms with Gasteiger partial charge in [0.2, 0.25) is 5.91 Å². The maximum absolute atomic E-state index is 12.0. The van der Waals surface area contributed by atoms with Gasteiger partial charge in [0.05, 0.1) is 25.3 Å². The number of ether oxygens (including phenoxy) is 1. The van der Waals surface area contributed by atoms with Crippen LogP contribution in [0.2, 0.25) is 0 Å². The molecular formula is C11H22N2O3. The van der Waals surface area contributed by atoms with E-state index in [2.05, 4.69) is 12.2 Å². The molecule has 2 N–H and O–H groups in total. The molecule has 0 saturated carbocycles. The van der Waals surface area contributed by atoms with Crippen molar-refractivity contribution in [2.24, 2.45) is 0 Å². The van der Waals surface area contributed by atoms with Crippen LogP contribution >= 0.6 is 0 Å². The summed E-state index contributed by atoms with van der Waals surface area (Å²) in [6.45, 7) is 3.99. The van der Waals surface area contributed by atoms with Crippen molar-refractivity contribution < 1.29 is 14.6 Å². The highest BCUT2D eigenvalue weighted by Gasteiger charge is 2.34. The molecule has 1 fully saturated rings. The fourth-order valence-electron chi connectivity index (χ4n) is 2.01. The van der Waals surface area contributed by atoms with E-state index >= 15 is 0 Å². The normalized spacial score (nSPS) is 22.8. The Kier molecular flexibility index (Phi) is 5.73. The molecule has 0 spiro atoms. The number of carbonyl (C=O) groups excluding carboxylic acids is 1. The van der Waals surface area contributed by atoms with E-state index in [0.717, 1.165) is 19.4 Å². The van der Waals surface area contributed by atoms with Crippen molar-refractivity contribution >= 4 is 5.91 Å². The summed E-state index contributed by atoms with van der Waals surface area (Å²) in [5.41, 5.74) is 0. The Morgan fingerprint density at radius 2 is 2.44 bits per heavy atom. The van der Waals surface area contributed by atoms with E-state index in [9.17, 15) is 9.90 Å². The third-order valence-corrected chi connectivity index (χ3v) is 2.89. The first-order valence-electron chi connectivity index (χ1n) is 5.88. The van der Waals surface area contributed by atoms with Gasteiger partial charge in [-0.05, 0) is 19.4 Å². The van der Waals surface area contributed by atoms with Crippen molar-refractivity contribution in [2.75, 3.05) is 33.4 Å². The maximum Gasteiger partial charge on any atom is 0.240 e. The van der Waals surface area contributed by atoms with Crippen LogP contribution in [0.4, 0.5) is 0 Å². The number of carbonyl (C=O) groups is 1. The number of aliphatic hydroxyl groups is 1. The second kappa shape index (κ2) is 6.83. The molecule has 0 aromatic carbocycles. The summed E-state index contributed by atoms with van der Waals surface area (Å²) in [7, 11) is 1.58. The molecule has 2 unspecified atom stereocenters. The average Bonchev–Trinajstić information content (AvgIpc) is 2.65. The van der Waals surface area contributed by atoms with Crippen molar-refractivity contribution in [3.8, 4) is 0 Å². The maximum atomic E-state index is 12.0. The van der Waals surface area contributed by atoms with Crippen molar-refractivity contribution in [3.63, 3.8) is 0 Å². The van der Waals surface area contributed by atoms with Crippen molar-refractivity contribution in [1.29, 1.82) is 0 Å². The molecule has 94 valence electrons. The standard InChI is InChI=1S/C11H22N2O3/c1-3-5-12-10-4-6-13(11(10)15)9(7-14)8-16-2/h9-10,12,14H,3-8H2,1-2H3. The minimum atomic E-state index is -0.203. The van der Waals surface area contributed by atoms with Gasteiger partial charge in [-0.1, -0.05) is 6.92 Å². The highest BCUT2D eigenvalue weighted by molar-refractivity contribution is 5.84. The van der Waals surface area contributed by atoms with Gasteiger partial charge in [-0.2, -0.15) is 0 Å². The van der Waals surface area contributed by atoms with E-state index in [-0.39, 0.29) is 24.6 Å². The Bertz CT molecular complexity index is 223. The van der Waals surface area contributed by atoms with E-state index in [4.69, 9.17) is 4.74 Å². The number of nitrogens with zero attached hydrogens (tertiary/aromatic N) is 1. The third kappa shape index (κ3) is 3.17. The Hall–Kier alpha value is -0.650. The highest BCUT2D eigenvalue weighted by atomic mass is 16.5. The van der Waals surface area contributed by atoms with Crippen molar-refractivity contribution in [2.45, 2.75) is 31.8 Å². The zero-order chi connectivity index (χ0) is 12.0. The topological polar surface area (TPSA) is 61.8 Å². The number of amides is 1. The van der Waals surface area contributed by atoms with Gasteiger partial charge in [-0.3, -0.25) is 4.79 Å². The van der Waals surface area contributed by atoms with Crippen LogP contribution in [0.3, 0.4) is 0 Å². The second-order valence-electron chi connectivity index (χ2n) is 4.12. The molecule has 0 bridgehead atoms. The second-order valence-corrected chi connectivity index (χ2v) is 4.12. The number of likely N-dealkylation sites (tertiary alicyclic amines) is 1. The monoisotopic (exact) mass is 230 g/mol. The van der Waals surface area contributed by atoms with Crippen LogP contribution in [0.15, 0.2) is 0 Å². The Labute approximate surface area is 96.8 Å². The predicted molar refractivity (Wildman–Crippen MR) is 61.2 cm³/mol. The Morgan fingerprint density at radius 1 is 1.69 bits per heavy atom. The van der Waals surface area contributed by atoms with E-state index < -0.39 is 0 Å². The molecule has 1 heterocycles. The fraction of sp³-hybridized carbons (Fsp3) is 0.909. The van der Waals surface area contributed by atoms with E-state index in [1.165, 1.54) is 0 Å². The zero-order valence-corrected chi connectivity index (χ0v) is 10.1. The molecule has 1 amide bonds. The first kappa shape index (κ1) is 13.4.